The van der Waals surface area contributed by atoms with Crippen LogP contribution in [0, 0.1) is 23.2 Å². The van der Waals surface area contributed by atoms with Gasteiger partial charge >= 0.3 is 12.6 Å². The number of nitrogens with one attached hydrogen (secondary N) is 1. The average Bonchev–Trinajstić information content (AvgIpc) is 4.06. The van der Waals surface area contributed by atoms with Crippen molar-refractivity contribution in [3.63, 3.8) is 0 Å². The van der Waals surface area contributed by atoms with E-state index in [4.69, 9.17) is 27.1 Å². The number of aromatic nitrogens is 5. The van der Waals surface area contributed by atoms with Crippen LogP contribution < -0.4 is 11.1 Å². The Balaban J connectivity index is 1.18. The van der Waals surface area contributed by atoms with Crippen molar-refractivity contribution in [1.29, 1.82) is 0 Å². The molecule has 2 aromatic heterocycles. The molecule has 3 N–H and O–H groups in total. The molecule has 5 aliphatic rings. The Morgan fingerprint density at radius 1 is 1.21 bits per heavy atom. The lowest BCUT2D eigenvalue weighted by Crippen LogP contribution is -2.53. The quantitative estimate of drug-likeness (QED) is 0.242. The predicted octanol–water partition coefficient (Wildman–Crippen LogP) is 6.38. The van der Waals surface area contributed by atoms with Crippen LogP contribution in [0.15, 0.2) is 60.1 Å². The van der Waals surface area contributed by atoms with Gasteiger partial charge in [0, 0.05) is 40.6 Å². The molecule has 53 heavy (non-hydrogen) atoms. The van der Waals surface area contributed by atoms with E-state index in [2.05, 4.69) is 32.3 Å². The molecular weight excluding hydrogens is 704 g/mol. The van der Waals surface area contributed by atoms with Gasteiger partial charge in [0.15, 0.2) is 5.82 Å². The Hall–Kier alpha value is -5.03. The van der Waals surface area contributed by atoms with Crippen molar-refractivity contribution in [3.8, 4) is 23.2 Å². The maximum Gasteiger partial charge on any atom is 0.407 e. The van der Waals surface area contributed by atoms with Crippen molar-refractivity contribution in [1.82, 2.24) is 34.8 Å². The molecule has 3 heterocycles. The lowest BCUT2D eigenvalue weighted by molar-refractivity contribution is -0.133. The summed E-state index contributed by atoms with van der Waals surface area (Å²) in [4.78, 5) is 39.3. The zero-order valence-electron chi connectivity index (χ0n) is 29.8. The Kier molecular flexibility index (Phi) is 8.10. The maximum absolute atomic E-state index is 15.2. The molecule has 12 nitrogen and oxygen atoms in total. The Morgan fingerprint density at radius 2 is 1.98 bits per heavy atom. The Bertz CT molecular complexity index is 2170. The molecule has 3 saturated carbocycles. The van der Waals surface area contributed by atoms with Crippen LogP contribution in [0.1, 0.15) is 89.9 Å². The van der Waals surface area contributed by atoms with Gasteiger partial charge in [0.25, 0.3) is 5.91 Å². The van der Waals surface area contributed by atoms with Crippen LogP contribution in [0.25, 0.3) is 17.0 Å². The second-order valence-corrected chi connectivity index (χ2v) is 16.3. The summed E-state index contributed by atoms with van der Waals surface area (Å²) in [6.07, 6.45) is 12.5. The summed E-state index contributed by atoms with van der Waals surface area (Å²) in [6.45, 7) is 5.00. The first kappa shape index (κ1) is 35.0. The highest BCUT2D eigenvalue weighted by atomic mass is 35.5. The van der Waals surface area contributed by atoms with E-state index in [-0.39, 0.29) is 24.0 Å². The molecule has 15 heteroatoms. The SMILES string of the molecule is CC(C)(C)C#C[C@]1(C2C=CC(c3cnn(C(F)F)c3)=CC2)N=C(N)N(C2(c3ccc(Cl)c(-c4ncnn4C4CC4)c3)C[C@@H]2OC(=O)NC2(C)CC2)C1=O. The van der Waals surface area contributed by atoms with Crippen molar-refractivity contribution in [3.05, 3.63) is 71.3 Å². The fraction of sp³-hybridized carbons (Fsp3) is 0.474. The van der Waals surface area contributed by atoms with Crippen LogP contribution in [0.4, 0.5) is 13.6 Å². The van der Waals surface area contributed by atoms with Crippen molar-refractivity contribution in [2.24, 2.45) is 22.1 Å². The number of carbonyl (C=O) groups excluding carboxylic acids is 2. The van der Waals surface area contributed by atoms with E-state index >= 15 is 4.79 Å². The van der Waals surface area contributed by atoms with E-state index in [1.807, 2.05) is 56.7 Å². The third kappa shape index (κ3) is 6.28. The molecule has 2 unspecified atom stereocenters. The molecule has 0 radical (unpaired) electrons. The number of halogens is 3. The van der Waals surface area contributed by atoms with Gasteiger partial charge in [-0.1, -0.05) is 47.7 Å². The van der Waals surface area contributed by atoms with Gasteiger partial charge in [0.2, 0.25) is 11.5 Å². The molecule has 4 aliphatic carbocycles. The standard InChI is InChI=1S/C38H40ClF2N9O3/c1-35(2,3)13-16-37(24-7-5-22(6-8-24)23-19-44-48(20-23)32(40)41)31(51)49(33(42)46-37)38(18-29(38)53-34(52)47-36(4)14-15-36)25-9-12-28(39)27(17-25)30-43-21-45-50(30)26-10-11-26/h5-7,9,12,17,19-21,24,26,29,32H,8,10-11,14-15,18H2,1-4H3,(H2,42,46)(H,47,52)/t24?,29-,37+,38?/m0/s1. The van der Waals surface area contributed by atoms with E-state index in [0.717, 1.165) is 25.7 Å². The number of guanidine groups is 1. The molecule has 3 aromatic rings. The van der Waals surface area contributed by atoms with Gasteiger partial charge in [-0.25, -0.2) is 24.1 Å². The number of amides is 2. The number of allylic oxidation sites excluding steroid dienone is 3. The van der Waals surface area contributed by atoms with Gasteiger partial charge < -0.3 is 15.8 Å². The first-order valence-corrected chi connectivity index (χ1v) is 18.1. The third-order valence-electron chi connectivity index (χ3n) is 10.5. The van der Waals surface area contributed by atoms with Crippen LogP contribution in [-0.4, -0.2) is 64.6 Å². The van der Waals surface area contributed by atoms with Crippen LogP contribution in [-0.2, 0) is 15.1 Å². The van der Waals surface area contributed by atoms with Crippen molar-refractivity contribution >= 4 is 35.1 Å². The number of alkyl carbamates (subject to hydrolysis) is 1. The molecule has 0 bridgehead atoms. The number of alkyl halides is 2. The Labute approximate surface area is 310 Å². The molecule has 4 atom stereocenters. The number of nitrogens with two attached hydrogens (primary N) is 1. The molecule has 2 amide bonds. The minimum atomic E-state index is -2.77. The zero-order valence-corrected chi connectivity index (χ0v) is 30.6. The van der Waals surface area contributed by atoms with Crippen LogP contribution in [0.2, 0.25) is 5.02 Å². The van der Waals surface area contributed by atoms with E-state index in [0.29, 0.717) is 44.2 Å². The average molecular weight is 744 g/mol. The van der Waals surface area contributed by atoms with Crippen LogP contribution >= 0.6 is 11.6 Å². The van der Waals surface area contributed by atoms with Gasteiger partial charge in [-0.05, 0) is 83.1 Å². The normalized spacial score (nSPS) is 27.2. The highest BCUT2D eigenvalue weighted by molar-refractivity contribution is 6.33. The predicted molar refractivity (Wildman–Crippen MR) is 193 cm³/mol. The molecule has 0 spiro atoms. The second-order valence-electron chi connectivity index (χ2n) is 15.9. The summed E-state index contributed by atoms with van der Waals surface area (Å²) in [7, 11) is 0. The lowest BCUT2D eigenvalue weighted by Gasteiger charge is -2.33. The van der Waals surface area contributed by atoms with Gasteiger partial charge in [0.05, 0.1) is 17.3 Å². The zero-order chi connectivity index (χ0) is 37.5. The number of benzene rings is 1. The van der Waals surface area contributed by atoms with Crippen molar-refractivity contribution in [2.75, 3.05) is 0 Å². The topological polar surface area (TPSA) is 146 Å². The fourth-order valence-corrected chi connectivity index (χ4v) is 7.32. The van der Waals surface area contributed by atoms with Crippen LogP contribution in [0.5, 0.6) is 0 Å². The van der Waals surface area contributed by atoms with Gasteiger partial charge in [-0.2, -0.15) is 19.0 Å². The summed E-state index contributed by atoms with van der Waals surface area (Å²) < 4.78 is 35.0. The minimum Gasteiger partial charge on any atom is -0.443 e. The molecular formula is C38H40ClF2N9O3. The number of hydrogen-bond donors (Lipinski definition) is 2. The van der Waals surface area contributed by atoms with Crippen molar-refractivity contribution < 1.29 is 23.1 Å². The highest BCUT2D eigenvalue weighted by Crippen LogP contribution is 2.57. The summed E-state index contributed by atoms with van der Waals surface area (Å²) in [5.74, 6) is 5.99. The fourth-order valence-electron chi connectivity index (χ4n) is 7.12. The third-order valence-corrected chi connectivity index (χ3v) is 10.9. The molecule has 8 rings (SSSR count). The molecule has 3 fully saturated rings. The number of aliphatic imine (C=N–C) groups is 1. The summed E-state index contributed by atoms with van der Waals surface area (Å²) >= 11 is 6.80. The molecule has 1 aliphatic heterocycles. The monoisotopic (exact) mass is 743 g/mol. The molecule has 276 valence electrons. The largest absolute Gasteiger partial charge is 0.443 e. The first-order valence-electron chi connectivity index (χ1n) is 17.8. The summed E-state index contributed by atoms with van der Waals surface area (Å²) in [5, 5.41) is 11.6. The number of carbonyl (C=O) groups is 2. The second kappa shape index (κ2) is 12.3. The van der Waals surface area contributed by atoms with Gasteiger partial charge in [0.1, 0.15) is 18.0 Å². The van der Waals surface area contributed by atoms with Gasteiger partial charge in [-0.15, -0.1) is 0 Å². The van der Waals surface area contributed by atoms with Crippen molar-refractivity contribution in [2.45, 2.75) is 102 Å². The first-order chi connectivity index (χ1) is 25.1. The number of hydrogen-bond acceptors (Lipinski definition) is 8. The minimum absolute atomic E-state index is 0.0575. The van der Waals surface area contributed by atoms with E-state index in [1.165, 1.54) is 23.6 Å². The Morgan fingerprint density at radius 3 is 2.62 bits per heavy atom. The van der Waals surface area contributed by atoms with Crippen LogP contribution in [0.3, 0.4) is 0 Å². The smallest absolute Gasteiger partial charge is 0.407 e. The number of ether oxygens (including phenoxy) is 1. The highest BCUT2D eigenvalue weighted by Gasteiger charge is 2.69. The summed E-state index contributed by atoms with van der Waals surface area (Å²) in [5.41, 5.74) is 5.59. The van der Waals surface area contributed by atoms with E-state index < -0.39 is 47.1 Å². The number of rotatable bonds is 9. The molecule has 0 saturated heterocycles. The van der Waals surface area contributed by atoms with E-state index in [9.17, 15) is 13.6 Å². The lowest BCUT2D eigenvalue weighted by atomic mass is 9.77. The van der Waals surface area contributed by atoms with E-state index in [1.54, 1.807) is 12.1 Å². The number of nitrogens with zero attached hydrogens (tertiary/aromatic N) is 7. The maximum atomic E-state index is 15.2. The molecule has 1 aromatic carbocycles. The van der Waals surface area contributed by atoms with Gasteiger partial charge in [-0.3, -0.25) is 9.69 Å². The summed E-state index contributed by atoms with van der Waals surface area (Å²) in [6, 6.07) is 5.65.